The Morgan fingerprint density at radius 2 is 1.90 bits per heavy atom. The summed E-state index contributed by atoms with van der Waals surface area (Å²) in [7, 11) is 0. The zero-order valence-electron chi connectivity index (χ0n) is 16.6. The Kier molecular flexibility index (Phi) is 4.19. The Bertz CT molecular complexity index is 1170. The molecule has 1 amide bonds. The van der Waals surface area contributed by atoms with Gasteiger partial charge in [-0.2, -0.15) is 5.10 Å². The molecule has 6 nitrogen and oxygen atoms in total. The van der Waals surface area contributed by atoms with Gasteiger partial charge in [0, 0.05) is 42.6 Å². The van der Waals surface area contributed by atoms with Crippen molar-refractivity contribution < 1.29 is 4.79 Å². The maximum atomic E-state index is 13.5. The number of rotatable bonds is 3. The first-order valence-corrected chi connectivity index (χ1v) is 9.97. The second kappa shape index (κ2) is 6.88. The van der Waals surface area contributed by atoms with Gasteiger partial charge in [-0.05, 0) is 37.6 Å². The van der Waals surface area contributed by atoms with Crippen LogP contribution in [0.1, 0.15) is 47.5 Å². The first-order chi connectivity index (χ1) is 14.1. The number of hydrogen-bond donors (Lipinski definition) is 0. The molecule has 0 radical (unpaired) electrons. The van der Waals surface area contributed by atoms with Crippen molar-refractivity contribution in [3.8, 4) is 0 Å². The van der Waals surface area contributed by atoms with E-state index in [1.165, 1.54) is 0 Å². The fourth-order valence-electron chi connectivity index (χ4n) is 4.19. The highest BCUT2D eigenvalue weighted by Crippen LogP contribution is 2.33. The molecule has 0 bridgehead atoms. The van der Waals surface area contributed by atoms with Gasteiger partial charge in [-0.1, -0.05) is 30.3 Å². The van der Waals surface area contributed by atoms with Gasteiger partial charge in [0.25, 0.3) is 5.91 Å². The monoisotopic (exact) mass is 385 g/mol. The summed E-state index contributed by atoms with van der Waals surface area (Å²) in [5.41, 5.74) is 3.66. The Hall–Kier alpha value is -3.41. The SMILES string of the molecule is CC(C)n1ncc2cc(C(=O)N3CCn4cccc4C3c3ccccc3)cnc21. The zero-order chi connectivity index (χ0) is 20.0. The first kappa shape index (κ1) is 17.7. The van der Waals surface area contributed by atoms with Gasteiger partial charge in [-0.25, -0.2) is 9.67 Å². The number of aromatic nitrogens is 4. The molecule has 29 heavy (non-hydrogen) atoms. The molecule has 1 aliphatic heterocycles. The highest BCUT2D eigenvalue weighted by atomic mass is 16.2. The fraction of sp³-hybridized carbons (Fsp3) is 0.261. The van der Waals surface area contributed by atoms with Crippen LogP contribution in [0.15, 0.2) is 67.1 Å². The predicted octanol–water partition coefficient (Wildman–Crippen LogP) is 4.06. The highest BCUT2D eigenvalue weighted by molar-refractivity contribution is 5.97. The molecule has 1 unspecified atom stereocenters. The van der Waals surface area contributed by atoms with Crippen LogP contribution in [-0.2, 0) is 6.54 Å². The molecule has 1 aliphatic rings. The molecule has 0 aliphatic carbocycles. The molecule has 0 saturated heterocycles. The minimum Gasteiger partial charge on any atom is -0.348 e. The van der Waals surface area contributed by atoms with E-state index in [-0.39, 0.29) is 18.0 Å². The van der Waals surface area contributed by atoms with Crippen molar-refractivity contribution in [2.75, 3.05) is 6.54 Å². The molecule has 0 fully saturated rings. The van der Waals surface area contributed by atoms with Crippen LogP contribution in [0.25, 0.3) is 11.0 Å². The lowest BCUT2D eigenvalue weighted by Crippen LogP contribution is -2.42. The van der Waals surface area contributed by atoms with Crippen molar-refractivity contribution in [1.29, 1.82) is 0 Å². The molecule has 146 valence electrons. The quantitative estimate of drug-likeness (QED) is 0.534. The van der Waals surface area contributed by atoms with Gasteiger partial charge >= 0.3 is 0 Å². The molecule has 4 aromatic rings. The lowest BCUT2D eigenvalue weighted by molar-refractivity contribution is 0.0664. The average molecular weight is 385 g/mol. The van der Waals surface area contributed by atoms with Crippen molar-refractivity contribution in [1.82, 2.24) is 24.2 Å². The van der Waals surface area contributed by atoms with Gasteiger partial charge in [-0.3, -0.25) is 4.79 Å². The third kappa shape index (κ3) is 2.92. The number of carbonyl (C=O) groups excluding carboxylic acids is 1. The minimum atomic E-state index is -0.110. The standard InChI is InChI=1S/C23H23N5O/c1-16(2)28-22-18(15-25-28)13-19(14-24-22)23(29)27-12-11-26-10-6-9-20(26)21(27)17-7-4-3-5-8-17/h3-10,13-16,21H,11-12H2,1-2H3. The fourth-order valence-corrected chi connectivity index (χ4v) is 4.19. The molecule has 1 aromatic carbocycles. The highest BCUT2D eigenvalue weighted by Gasteiger charge is 2.32. The number of hydrogen-bond acceptors (Lipinski definition) is 3. The van der Waals surface area contributed by atoms with E-state index in [1.54, 1.807) is 12.4 Å². The maximum Gasteiger partial charge on any atom is 0.256 e. The van der Waals surface area contributed by atoms with E-state index in [1.807, 2.05) is 39.9 Å². The second-order valence-corrected chi connectivity index (χ2v) is 7.76. The van der Waals surface area contributed by atoms with Crippen LogP contribution < -0.4 is 0 Å². The van der Waals surface area contributed by atoms with Gasteiger partial charge < -0.3 is 9.47 Å². The van der Waals surface area contributed by atoms with Crippen LogP contribution in [0.4, 0.5) is 0 Å². The van der Waals surface area contributed by atoms with E-state index < -0.39 is 0 Å². The van der Waals surface area contributed by atoms with E-state index >= 15 is 0 Å². The summed E-state index contributed by atoms with van der Waals surface area (Å²) in [6.45, 7) is 5.59. The third-order valence-electron chi connectivity index (χ3n) is 5.58. The number of amides is 1. The lowest BCUT2D eigenvalue weighted by atomic mass is 9.99. The van der Waals surface area contributed by atoms with E-state index in [0.29, 0.717) is 12.1 Å². The third-order valence-corrected chi connectivity index (χ3v) is 5.58. The van der Waals surface area contributed by atoms with E-state index in [4.69, 9.17) is 0 Å². The van der Waals surface area contributed by atoms with Crippen LogP contribution >= 0.6 is 0 Å². The zero-order valence-corrected chi connectivity index (χ0v) is 16.6. The molecule has 1 atom stereocenters. The van der Waals surface area contributed by atoms with Gasteiger partial charge in [0.15, 0.2) is 5.65 Å². The molecule has 3 aromatic heterocycles. The molecular weight excluding hydrogens is 362 g/mol. The molecular formula is C23H23N5O. The van der Waals surface area contributed by atoms with Gasteiger partial charge in [0.1, 0.15) is 0 Å². The normalized spacial score (nSPS) is 16.4. The maximum absolute atomic E-state index is 13.5. The van der Waals surface area contributed by atoms with Crippen molar-refractivity contribution in [2.24, 2.45) is 0 Å². The van der Waals surface area contributed by atoms with Crippen LogP contribution in [0.5, 0.6) is 0 Å². The number of benzene rings is 1. The number of pyridine rings is 1. The molecule has 0 spiro atoms. The molecule has 4 heterocycles. The number of nitrogens with zero attached hydrogens (tertiary/aromatic N) is 5. The smallest absolute Gasteiger partial charge is 0.256 e. The second-order valence-electron chi connectivity index (χ2n) is 7.76. The Morgan fingerprint density at radius 3 is 2.69 bits per heavy atom. The lowest BCUT2D eigenvalue weighted by Gasteiger charge is -2.37. The predicted molar refractivity (Wildman–Crippen MR) is 112 cm³/mol. The van der Waals surface area contributed by atoms with Crippen molar-refractivity contribution >= 4 is 16.9 Å². The molecule has 6 heteroatoms. The van der Waals surface area contributed by atoms with Crippen LogP contribution in [-0.4, -0.2) is 36.7 Å². The van der Waals surface area contributed by atoms with Crippen LogP contribution in [0.2, 0.25) is 0 Å². The summed E-state index contributed by atoms with van der Waals surface area (Å²) in [4.78, 5) is 20.1. The Labute approximate surface area is 169 Å². The summed E-state index contributed by atoms with van der Waals surface area (Å²) in [5, 5.41) is 5.31. The molecule has 0 saturated carbocycles. The summed E-state index contributed by atoms with van der Waals surface area (Å²) >= 11 is 0. The summed E-state index contributed by atoms with van der Waals surface area (Å²) < 4.78 is 4.11. The van der Waals surface area contributed by atoms with Crippen molar-refractivity contribution in [3.05, 3.63) is 83.9 Å². The van der Waals surface area contributed by atoms with Gasteiger partial charge in [-0.15, -0.1) is 0 Å². The molecule has 5 rings (SSSR count). The molecule has 0 N–H and O–H groups in total. The van der Waals surface area contributed by atoms with Crippen molar-refractivity contribution in [3.63, 3.8) is 0 Å². The van der Waals surface area contributed by atoms with E-state index in [9.17, 15) is 4.79 Å². The van der Waals surface area contributed by atoms with Gasteiger partial charge in [0.2, 0.25) is 0 Å². The Morgan fingerprint density at radius 1 is 1.07 bits per heavy atom. The summed E-state index contributed by atoms with van der Waals surface area (Å²) in [6, 6.07) is 16.4. The first-order valence-electron chi connectivity index (χ1n) is 9.97. The number of fused-ring (bicyclic) bond motifs is 2. The van der Waals surface area contributed by atoms with Crippen LogP contribution in [0, 0.1) is 0 Å². The average Bonchev–Trinajstić information content (AvgIpc) is 3.39. The van der Waals surface area contributed by atoms with Crippen molar-refractivity contribution in [2.45, 2.75) is 32.5 Å². The Balaban J connectivity index is 1.55. The van der Waals surface area contributed by atoms with E-state index in [2.05, 4.69) is 52.9 Å². The summed E-state index contributed by atoms with van der Waals surface area (Å²) in [6.07, 6.45) is 5.55. The van der Waals surface area contributed by atoms with Gasteiger partial charge in [0.05, 0.1) is 17.8 Å². The summed E-state index contributed by atoms with van der Waals surface area (Å²) in [5.74, 6) is -0.00185. The number of carbonyl (C=O) groups is 1. The van der Waals surface area contributed by atoms with Crippen LogP contribution in [0.3, 0.4) is 0 Å². The largest absolute Gasteiger partial charge is 0.348 e. The minimum absolute atomic E-state index is 0.00185. The topological polar surface area (TPSA) is 56.0 Å². The van der Waals surface area contributed by atoms with E-state index in [0.717, 1.165) is 28.8 Å².